The standard InChI is InChI=1S/C19H21NO2S/c1-3-13-23-18-8-6-5-7-17(18)20-19(21)14-15-9-11-16(12-10-15)22-4-2/h3,5-12H,1,4,13-14H2,2H3,(H,20,21). The van der Waals surface area contributed by atoms with E-state index in [9.17, 15) is 4.79 Å². The smallest absolute Gasteiger partial charge is 0.228 e. The van der Waals surface area contributed by atoms with Gasteiger partial charge in [-0.1, -0.05) is 30.3 Å². The van der Waals surface area contributed by atoms with Crippen molar-refractivity contribution in [3.05, 3.63) is 66.7 Å². The van der Waals surface area contributed by atoms with Gasteiger partial charge in [-0.2, -0.15) is 0 Å². The Bertz CT molecular complexity index is 653. The van der Waals surface area contributed by atoms with E-state index >= 15 is 0 Å². The van der Waals surface area contributed by atoms with Crippen molar-refractivity contribution >= 4 is 23.4 Å². The number of amides is 1. The van der Waals surface area contributed by atoms with Crippen molar-refractivity contribution in [2.24, 2.45) is 0 Å². The van der Waals surface area contributed by atoms with Gasteiger partial charge in [-0.05, 0) is 36.8 Å². The molecule has 0 aliphatic rings. The van der Waals surface area contributed by atoms with Crippen LogP contribution >= 0.6 is 11.8 Å². The van der Waals surface area contributed by atoms with E-state index in [0.717, 1.165) is 27.6 Å². The first kappa shape index (κ1) is 17.2. The fourth-order valence-corrected chi connectivity index (χ4v) is 2.84. The van der Waals surface area contributed by atoms with Crippen LogP contribution in [0.25, 0.3) is 0 Å². The Kier molecular flexibility index (Phi) is 6.76. The van der Waals surface area contributed by atoms with Crippen LogP contribution in [-0.2, 0) is 11.2 Å². The van der Waals surface area contributed by atoms with Gasteiger partial charge in [0.1, 0.15) is 5.75 Å². The van der Waals surface area contributed by atoms with E-state index in [0.29, 0.717) is 13.0 Å². The van der Waals surface area contributed by atoms with E-state index in [-0.39, 0.29) is 5.91 Å². The lowest BCUT2D eigenvalue weighted by Gasteiger charge is -2.10. The fraction of sp³-hybridized carbons (Fsp3) is 0.211. The summed E-state index contributed by atoms with van der Waals surface area (Å²) in [5.41, 5.74) is 1.80. The quantitative estimate of drug-likeness (QED) is 0.571. The van der Waals surface area contributed by atoms with Gasteiger partial charge in [0, 0.05) is 10.6 Å². The van der Waals surface area contributed by atoms with Crippen molar-refractivity contribution in [1.29, 1.82) is 0 Å². The number of anilines is 1. The van der Waals surface area contributed by atoms with Gasteiger partial charge in [0.05, 0.1) is 18.7 Å². The van der Waals surface area contributed by atoms with E-state index in [4.69, 9.17) is 4.74 Å². The van der Waals surface area contributed by atoms with E-state index in [1.165, 1.54) is 0 Å². The number of hydrogen-bond donors (Lipinski definition) is 1. The molecular weight excluding hydrogens is 306 g/mol. The summed E-state index contributed by atoms with van der Waals surface area (Å²) in [4.78, 5) is 13.3. The summed E-state index contributed by atoms with van der Waals surface area (Å²) in [6.07, 6.45) is 2.19. The Balaban J connectivity index is 1.98. The highest BCUT2D eigenvalue weighted by Gasteiger charge is 2.08. The summed E-state index contributed by atoms with van der Waals surface area (Å²) in [5.74, 6) is 1.61. The molecule has 0 aromatic heterocycles. The number of rotatable bonds is 8. The lowest BCUT2D eigenvalue weighted by Crippen LogP contribution is -2.14. The van der Waals surface area contributed by atoms with Crippen LogP contribution in [-0.4, -0.2) is 18.3 Å². The average molecular weight is 327 g/mol. The lowest BCUT2D eigenvalue weighted by atomic mass is 10.1. The molecule has 0 saturated carbocycles. The van der Waals surface area contributed by atoms with Crippen molar-refractivity contribution < 1.29 is 9.53 Å². The van der Waals surface area contributed by atoms with E-state index in [1.54, 1.807) is 11.8 Å². The zero-order valence-corrected chi connectivity index (χ0v) is 14.1. The van der Waals surface area contributed by atoms with Crippen molar-refractivity contribution in [3.63, 3.8) is 0 Å². The molecule has 0 bridgehead atoms. The molecule has 4 heteroatoms. The Hall–Kier alpha value is -2.20. The highest BCUT2D eigenvalue weighted by atomic mass is 32.2. The molecule has 1 amide bonds. The summed E-state index contributed by atoms with van der Waals surface area (Å²) >= 11 is 1.65. The van der Waals surface area contributed by atoms with Crippen molar-refractivity contribution in [2.75, 3.05) is 17.7 Å². The molecular formula is C19H21NO2S. The Morgan fingerprint density at radius 1 is 1.22 bits per heavy atom. The summed E-state index contributed by atoms with van der Waals surface area (Å²) in [5, 5.41) is 2.98. The molecule has 0 unspecified atom stereocenters. The van der Waals surface area contributed by atoms with Crippen LogP contribution in [0.15, 0.2) is 66.1 Å². The monoisotopic (exact) mass is 327 g/mol. The first-order valence-corrected chi connectivity index (χ1v) is 8.55. The number of nitrogens with one attached hydrogen (secondary N) is 1. The van der Waals surface area contributed by atoms with Gasteiger partial charge in [0.25, 0.3) is 0 Å². The van der Waals surface area contributed by atoms with Crippen LogP contribution in [0.3, 0.4) is 0 Å². The van der Waals surface area contributed by atoms with E-state index in [2.05, 4.69) is 11.9 Å². The summed E-state index contributed by atoms with van der Waals surface area (Å²) < 4.78 is 5.40. The largest absolute Gasteiger partial charge is 0.494 e. The van der Waals surface area contributed by atoms with Crippen molar-refractivity contribution in [3.8, 4) is 5.75 Å². The molecule has 0 heterocycles. The molecule has 2 rings (SSSR count). The molecule has 0 radical (unpaired) electrons. The molecule has 3 nitrogen and oxygen atoms in total. The van der Waals surface area contributed by atoms with Gasteiger partial charge in [-0.15, -0.1) is 18.3 Å². The maximum atomic E-state index is 12.2. The first-order valence-electron chi connectivity index (χ1n) is 7.57. The highest BCUT2D eigenvalue weighted by molar-refractivity contribution is 7.99. The third-order valence-corrected chi connectivity index (χ3v) is 4.19. The van der Waals surface area contributed by atoms with Crippen molar-refractivity contribution in [1.82, 2.24) is 0 Å². The SMILES string of the molecule is C=CCSc1ccccc1NC(=O)Cc1ccc(OCC)cc1. The second kappa shape index (κ2) is 9.06. The number of ether oxygens (including phenoxy) is 1. The van der Waals surface area contributed by atoms with E-state index < -0.39 is 0 Å². The summed E-state index contributed by atoms with van der Waals surface area (Å²) in [6, 6.07) is 15.4. The maximum absolute atomic E-state index is 12.2. The second-order valence-electron chi connectivity index (χ2n) is 4.90. The topological polar surface area (TPSA) is 38.3 Å². The molecule has 2 aromatic rings. The highest BCUT2D eigenvalue weighted by Crippen LogP contribution is 2.27. The zero-order chi connectivity index (χ0) is 16.5. The van der Waals surface area contributed by atoms with Gasteiger partial charge in [-0.25, -0.2) is 0 Å². The minimum Gasteiger partial charge on any atom is -0.494 e. The molecule has 120 valence electrons. The number of hydrogen-bond acceptors (Lipinski definition) is 3. The molecule has 0 saturated heterocycles. The van der Waals surface area contributed by atoms with Gasteiger partial charge >= 0.3 is 0 Å². The minimum atomic E-state index is -0.0270. The number of thioether (sulfide) groups is 1. The van der Waals surface area contributed by atoms with Crippen LogP contribution in [0.2, 0.25) is 0 Å². The van der Waals surface area contributed by atoms with Gasteiger partial charge in [-0.3, -0.25) is 4.79 Å². The van der Waals surface area contributed by atoms with Crippen LogP contribution in [0, 0.1) is 0 Å². The van der Waals surface area contributed by atoms with Crippen molar-refractivity contribution in [2.45, 2.75) is 18.2 Å². The fourth-order valence-electron chi connectivity index (χ4n) is 2.09. The number of para-hydroxylation sites is 1. The molecule has 2 aromatic carbocycles. The van der Waals surface area contributed by atoms with Crippen LogP contribution in [0.1, 0.15) is 12.5 Å². The lowest BCUT2D eigenvalue weighted by molar-refractivity contribution is -0.115. The summed E-state index contributed by atoms with van der Waals surface area (Å²) in [7, 11) is 0. The summed E-state index contributed by atoms with van der Waals surface area (Å²) in [6.45, 7) is 6.31. The molecule has 1 N–H and O–H groups in total. The van der Waals surface area contributed by atoms with Crippen LogP contribution in [0.5, 0.6) is 5.75 Å². The Morgan fingerprint density at radius 2 is 1.96 bits per heavy atom. The molecule has 0 fully saturated rings. The third kappa shape index (κ3) is 5.49. The number of carbonyl (C=O) groups is 1. The van der Waals surface area contributed by atoms with Gasteiger partial charge in [0.2, 0.25) is 5.91 Å². The maximum Gasteiger partial charge on any atom is 0.228 e. The van der Waals surface area contributed by atoms with Crippen LogP contribution in [0.4, 0.5) is 5.69 Å². The Morgan fingerprint density at radius 3 is 2.65 bits per heavy atom. The zero-order valence-electron chi connectivity index (χ0n) is 13.2. The van der Waals surface area contributed by atoms with E-state index in [1.807, 2.05) is 61.5 Å². The minimum absolute atomic E-state index is 0.0270. The molecule has 23 heavy (non-hydrogen) atoms. The molecule has 0 atom stereocenters. The molecule has 0 aliphatic carbocycles. The van der Waals surface area contributed by atoms with Gasteiger partial charge in [0.15, 0.2) is 0 Å². The third-order valence-electron chi connectivity index (χ3n) is 3.12. The second-order valence-corrected chi connectivity index (χ2v) is 5.96. The predicted octanol–water partition coefficient (Wildman–Crippen LogP) is 4.54. The van der Waals surface area contributed by atoms with Crippen LogP contribution < -0.4 is 10.1 Å². The predicted molar refractivity (Wildman–Crippen MR) is 97.3 cm³/mol. The molecule has 0 aliphatic heterocycles. The first-order chi connectivity index (χ1) is 11.2. The number of carbonyl (C=O) groups excluding carboxylic acids is 1. The average Bonchev–Trinajstić information content (AvgIpc) is 2.56. The normalized spacial score (nSPS) is 10.1. The van der Waals surface area contributed by atoms with Gasteiger partial charge < -0.3 is 10.1 Å². The molecule has 0 spiro atoms. The number of benzene rings is 2. The Labute approximate surface area is 141 Å².